The van der Waals surface area contributed by atoms with E-state index in [9.17, 15) is 15.0 Å². The summed E-state index contributed by atoms with van der Waals surface area (Å²) in [4.78, 5) is 12.4. The Labute approximate surface area is 224 Å². The van der Waals surface area contributed by atoms with Crippen LogP contribution in [0.2, 0.25) is 0 Å². The van der Waals surface area contributed by atoms with Crippen molar-refractivity contribution in [3.05, 3.63) is 58.3 Å². The predicted molar refractivity (Wildman–Crippen MR) is 150 cm³/mol. The fraction of sp³-hybridized carbons (Fsp3) is 0.400. The van der Waals surface area contributed by atoms with Crippen LogP contribution < -0.4 is 21.8 Å². The van der Waals surface area contributed by atoms with Crippen LogP contribution in [0.15, 0.2) is 51.7 Å². The van der Waals surface area contributed by atoms with Crippen LogP contribution in [0.1, 0.15) is 31.2 Å². The molecule has 0 aliphatic heterocycles. The van der Waals surface area contributed by atoms with E-state index in [0.717, 1.165) is 70.4 Å². The lowest BCUT2D eigenvalue weighted by molar-refractivity contribution is 0.400. The molecule has 0 saturated heterocycles. The zero-order valence-electron chi connectivity index (χ0n) is 19.6. The van der Waals surface area contributed by atoms with Crippen molar-refractivity contribution < 1.29 is 14.6 Å². The topological polar surface area (TPSA) is 121 Å². The average Bonchev–Trinajstić information content (AvgIpc) is 2.80. The smallest absolute Gasteiger partial charge is 0.201 e. The largest absolute Gasteiger partial charge is 0.504 e. The van der Waals surface area contributed by atoms with Gasteiger partial charge in [-0.3, -0.25) is 4.79 Å². The van der Waals surface area contributed by atoms with Crippen LogP contribution in [-0.2, 0) is 6.42 Å². The molecule has 0 spiro atoms. The summed E-state index contributed by atoms with van der Waals surface area (Å²) in [5.74, 6) is -0.387. The van der Waals surface area contributed by atoms with Gasteiger partial charge in [-0.25, -0.2) is 0 Å². The summed E-state index contributed by atoms with van der Waals surface area (Å²) in [7, 11) is 0. The number of unbranched alkanes of at least 4 members (excludes halogenated alkanes) is 1. The number of halogens is 3. The number of nitrogens with one attached hydrogen (secondary N) is 2. The van der Waals surface area contributed by atoms with Crippen molar-refractivity contribution in [2.24, 2.45) is 5.73 Å². The Bertz CT molecular complexity index is 1060. The van der Waals surface area contributed by atoms with Gasteiger partial charge in [0.05, 0.1) is 5.39 Å². The molecule has 196 valence electrons. The van der Waals surface area contributed by atoms with Gasteiger partial charge in [0.15, 0.2) is 16.8 Å². The summed E-state index contributed by atoms with van der Waals surface area (Å²) in [6, 6.07) is 12.0. The number of phenols is 2. The first-order chi connectivity index (χ1) is 15.6. The Morgan fingerprint density at radius 2 is 1.43 bits per heavy atom. The summed E-state index contributed by atoms with van der Waals surface area (Å²) in [5, 5.41) is 26.9. The van der Waals surface area contributed by atoms with Gasteiger partial charge in [-0.2, -0.15) is 0 Å². The minimum absolute atomic E-state index is 0. The van der Waals surface area contributed by atoms with E-state index >= 15 is 0 Å². The molecule has 1 aromatic heterocycles. The van der Waals surface area contributed by atoms with E-state index < -0.39 is 5.75 Å². The number of aromatic hydroxyl groups is 2. The normalized spacial score (nSPS) is 10.3. The van der Waals surface area contributed by atoms with Gasteiger partial charge in [0, 0.05) is 11.6 Å². The lowest BCUT2D eigenvalue weighted by atomic mass is 10.1. The lowest BCUT2D eigenvalue weighted by Crippen LogP contribution is -2.23. The number of aryl methyl sites for hydroxylation is 1. The van der Waals surface area contributed by atoms with Crippen LogP contribution in [-0.4, -0.2) is 42.9 Å². The molecule has 7 nitrogen and oxygen atoms in total. The minimum Gasteiger partial charge on any atom is -0.504 e. The van der Waals surface area contributed by atoms with Crippen LogP contribution in [0, 0.1) is 0 Å². The number of benzene rings is 2. The van der Waals surface area contributed by atoms with Crippen LogP contribution >= 0.6 is 37.2 Å². The van der Waals surface area contributed by atoms with Crippen LogP contribution in [0.5, 0.6) is 11.5 Å². The molecule has 0 fully saturated rings. The van der Waals surface area contributed by atoms with Crippen LogP contribution in [0.25, 0.3) is 22.3 Å². The standard InChI is InChI=1S/C25H33N3O4.3ClH/c26-12-1-2-13-27-15-4-16-28-14-3-5-18-6-8-19(9-7-18)23-17-22(30)20-10-11-21(29)24(31)25(20)32-23;;;/h6-11,17,27-29,31H,1-5,12-16,26H2;3*1H. The quantitative estimate of drug-likeness (QED) is 0.159. The van der Waals surface area contributed by atoms with E-state index in [1.807, 2.05) is 24.3 Å². The van der Waals surface area contributed by atoms with Crippen molar-refractivity contribution in [3.63, 3.8) is 0 Å². The average molecular weight is 549 g/mol. The maximum atomic E-state index is 12.4. The van der Waals surface area contributed by atoms with Crippen molar-refractivity contribution in [1.82, 2.24) is 10.6 Å². The summed E-state index contributed by atoms with van der Waals surface area (Å²) < 4.78 is 5.72. The molecule has 3 rings (SSSR count). The zero-order chi connectivity index (χ0) is 22.8. The summed E-state index contributed by atoms with van der Waals surface area (Å²) in [5.41, 5.74) is 7.16. The second-order valence-electron chi connectivity index (χ2n) is 7.93. The maximum absolute atomic E-state index is 12.4. The zero-order valence-corrected chi connectivity index (χ0v) is 22.1. The first-order valence-corrected chi connectivity index (χ1v) is 11.3. The summed E-state index contributed by atoms with van der Waals surface area (Å²) in [6.45, 7) is 4.81. The third kappa shape index (κ3) is 9.88. The van der Waals surface area contributed by atoms with Crippen molar-refractivity contribution in [2.45, 2.75) is 32.1 Å². The second-order valence-corrected chi connectivity index (χ2v) is 7.93. The molecular weight excluding hydrogens is 513 g/mol. The van der Waals surface area contributed by atoms with Crippen molar-refractivity contribution >= 4 is 48.2 Å². The van der Waals surface area contributed by atoms with Gasteiger partial charge in [0.25, 0.3) is 0 Å². The van der Waals surface area contributed by atoms with E-state index in [1.165, 1.54) is 23.8 Å². The third-order valence-corrected chi connectivity index (χ3v) is 5.42. The molecule has 1 heterocycles. The lowest BCUT2D eigenvalue weighted by Gasteiger charge is -2.08. The van der Waals surface area contributed by atoms with Gasteiger partial charge in [-0.1, -0.05) is 24.3 Å². The first-order valence-electron chi connectivity index (χ1n) is 11.3. The Morgan fingerprint density at radius 3 is 2.09 bits per heavy atom. The van der Waals surface area contributed by atoms with Crippen molar-refractivity contribution in [1.29, 1.82) is 0 Å². The molecule has 3 aromatic rings. The molecule has 0 bridgehead atoms. The molecule has 0 unspecified atom stereocenters. The van der Waals surface area contributed by atoms with Crippen LogP contribution in [0.3, 0.4) is 0 Å². The second kappa shape index (κ2) is 17.4. The fourth-order valence-corrected chi connectivity index (χ4v) is 3.57. The van der Waals surface area contributed by atoms with Gasteiger partial charge in [-0.05, 0) is 82.5 Å². The number of rotatable bonds is 13. The molecule has 0 aliphatic carbocycles. The highest BCUT2D eigenvalue weighted by Gasteiger charge is 2.13. The highest BCUT2D eigenvalue weighted by Crippen LogP contribution is 2.34. The fourth-order valence-electron chi connectivity index (χ4n) is 3.57. The van der Waals surface area contributed by atoms with Gasteiger partial charge in [0.2, 0.25) is 5.75 Å². The van der Waals surface area contributed by atoms with Gasteiger partial charge in [0.1, 0.15) is 5.76 Å². The molecule has 0 radical (unpaired) electrons. The maximum Gasteiger partial charge on any atom is 0.201 e. The highest BCUT2D eigenvalue weighted by atomic mass is 35.5. The van der Waals surface area contributed by atoms with Gasteiger partial charge in [-0.15, -0.1) is 37.2 Å². The monoisotopic (exact) mass is 547 g/mol. The molecular formula is C25H36Cl3N3O4. The molecule has 0 amide bonds. The number of nitrogens with two attached hydrogens (primary N) is 1. The number of hydrogen-bond donors (Lipinski definition) is 5. The molecule has 0 aliphatic rings. The van der Waals surface area contributed by atoms with E-state index in [2.05, 4.69) is 10.6 Å². The molecule has 10 heteroatoms. The van der Waals surface area contributed by atoms with Crippen molar-refractivity contribution in [3.8, 4) is 22.8 Å². The van der Waals surface area contributed by atoms with E-state index in [0.29, 0.717) is 5.76 Å². The molecule has 2 aromatic carbocycles. The van der Waals surface area contributed by atoms with Gasteiger partial charge < -0.3 is 31.0 Å². The Balaban J connectivity index is 0.00000385. The minimum atomic E-state index is -0.423. The molecule has 6 N–H and O–H groups in total. The Morgan fingerprint density at radius 1 is 0.800 bits per heavy atom. The third-order valence-electron chi connectivity index (χ3n) is 5.42. The van der Waals surface area contributed by atoms with Gasteiger partial charge >= 0.3 is 0 Å². The predicted octanol–water partition coefficient (Wildman–Crippen LogP) is 4.38. The van der Waals surface area contributed by atoms with E-state index in [-0.39, 0.29) is 59.4 Å². The number of hydrogen-bond acceptors (Lipinski definition) is 7. The first kappa shape index (κ1) is 33.0. The Hall–Kier alpha value is -2.00. The highest BCUT2D eigenvalue weighted by molar-refractivity contribution is 5.86. The van der Waals surface area contributed by atoms with Crippen LogP contribution in [0.4, 0.5) is 0 Å². The van der Waals surface area contributed by atoms with E-state index in [4.69, 9.17) is 10.2 Å². The Kier molecular flexibility index (Phi) is 16.4. The number of phenolic OH excluding ortho intramolecular Hbond substituents is 2. The molecule has 0 atom stereocenters. The summed E-state index contributed by atoms with van der Waals surface area (Å²) in [6.07, 6.45) is 5.34. The SMILES string of the molecule is Cl.Cl.Cl.NCCCCNCCCNCCCc1ccc(-c2cc(=O)c3ccc(O)c(O)c3o2)cc1. The summed E-state index contributed by atoms with van der Waals surface area (Å²) >= 11 is 0. The number of fused-ring (bicyclic) bond motifs is 1. The van der Waals surface area contributed by atoms with Crippen molar-refractivity contribution in [2.75, 3.05) is 32.7 Å². The van der Waals surface area contributed by atoms with E-state index in [1.54, 1.807) is 0 Å². The molecule has 35 heavy (non-hydrogen) atoms. The molecule has 0 saturated carbocycles.